The van der Waals surface area contributed by atoms with Crippen LogP contribution in [0.15, 0.2) is 48.9 Å². The maximum absolute atomic E-state index is 10.9. The quantitative estimate of drug-likeness (QED) is 0.669. The number of carbonyl (C=O) groups excluding carboxylic acids is 1. The fraction of sp³-hybridized carbons (Fsp3) is 0.125. The van der Waals surface area contributed by atoms with Gasteiger partial charge in [-0.1, -0.05) is 18.2 Å². The molecule has 3 rings (SSSR count). The minimum Gasteiger partial charge on any atom is -0.343 e. The van der Waals surface area contributed by atoms with Crippen LogP contribution in [0.4, 0.5) is 0 Å². The highest BCUT2D eigenvalue weighted by Crippen LogP contribution is 2.18. The van der Waals surface area contributed by atoms with Crippen LogP contribution < -0.4 is 0 Å². The number of rotatable bonds is 3. The Morgan fingerprint density at radius 1 is 1.21 bits per heavy atom. The summed E-state index contributed by atoms with van der Waals surface area (Å²) in [6.07, 6.45) is 6.65. The average Bonchev–Trinajstić information content (AvgIpc) is 2.81. The Morgan fingerprint density at radius 3 is 2.89 bits per heavy atom. The Kier molecular flexibility index (Phi) is 2.88. The Labute approximate surface area is 111 Å². The summed E-state index contributed by atoms with van der Waals surface area (Å²) in [5.74, 6) is 0. The lowest BCUT2D eigenvalue weighted by molar-refractivity contribution is 0.112. The summed E-state index contributed by atoms with van der Waals surface area (Å²) in [5, 5.41) is 1.14. The first-order valence-corrected chi connectivity index (χ1v) is 6.21. The molecule has 0 atom stereocenters. The van der Waals surface area contributed by atoms with Gasteiger partial charge in [0.2, 0.25) is 0 Å². The van der Waals surface area contributed by atoms with E-state index in [-0.39, 0.29) is 0 Å². The molecular formula is C16H14N2O. The van der Waals surface area contributed by atoms with Crippen molar-refractivity contribution < 1.29 is 4.79 Å². The van der Waals surface area contributed by atoms with E-state index in [1.165, 1.54) is 0 Å². The molecule has 2 heterocycles. The number of aryl methyl sites for hydroxylation is 1. The van der Waals surface area contributed by atoms with E-state index in [1.807, 2.05) is 43.7 Å². The van der Waals surface area contributed by atoms with Crippen molar-refractivity contribution in [3.63, 3.8) is 0 Å². The van der Waals surface area contributed by atoms with Gasteiger partial charge in [-0.3, -0.25) is 9.78 Å². The standard InChI is InChI=1S/C16H14N2O/c1-12-6-14(9-17-8-12)10-18-5-4-15-3-2-13(11-19)7-16(15)18/h2-9,11H,10H2,1H3. The van der Waals surface area contributed by atoms with E-state index in [0.717, 1.165) is 34.9 Å². The highest BCUT2D eigenvalue weighted by Gasteiger charge is 2.03. The minimum atomic E-state index is 0.704. The molecule has 2 aromatic heterocycles. The largest absolute Gasteiger partial charge is 0.343 e. The van der Waals surface area contributed by atoms with Crippen molar-refractivity contribution in [3.05, 3.63) is 65.6 Å². The first kappa shape index (κ1) is 11.7. The third-order valence-corrected chi connectivity index (χ3v) is 3.22. The molecule has 0 aliphatic rings. The summed E-state index contributed by atoms with van der Waals surface area (Å²) < 4.78 is 2.14. The zero-order valence-corrected chi connectivity index (χ0v) is 10.7. The first-order valence-electron chi connectivity index (χ1n) is 6.21. The van der Waals surface area contributed by atoms with Crippen molar-refractivity contribution in [1.29, 1.82) is 0 Å². The lowest BCUT2D eigenvalue weighted by atomic mass is 10.2. The van der Waals surface area contributed by atoms with Crippen LogP contribution in [0.2, 0.25) is 0 Å². The van der Waals surface area contributed by atoms with Crippen LogP contribution in [0.1, 0.15) is 21.5 Å². The zero-order valence-electron chi connectivity index (χ0n) is 10.7. The number of hydrogen-bond acceptors (Lipinski definition) is 2. The molecule has 0 saturated carbocycles. The smallest absolute Gasteiger partial charge is 0.150 e. The van der Waals surface area contributed by atoms with E-state index in [0.29, 0.717) is 5.56 Å². The molecule has 0 amide bonds. The molecule has 0 bridgehead atoms. The summed E-state index contributed by atoms with van der Waals surface area (Å²) in [6, 6.07) is 9.93. The van der Waals surface area contributed by atoms with Crippen molar-refractivity contribution in [2.24, 2.45) is 0 Å². The van der Waals surface area contributed by atoms with Gasteiger partial charge in [0.05, 0.1) is 0 Å². The van der Waals surface area contributed by atoms with Crippen molar-refractivity contribution >= 4 is 17.2 Å². The Balaban J connectivity index is 2.03. The number of hydrogen-bond donors (Lipinski definition) is 0. The van der Waals surface area contributed by atoms with Crippen LogP contribution in [0.5, 0.6) is 0 Å². The third kappa shape index (κ3) is 2.27. The number of aldehydes is 1. The van der Waals surface area contributed by atoms with E-state index in [2.05, 4.69) is 21.7 Å². The molecule has 19 heavy (non-hydrogen) atoms. The Morgan fingerprint density at radius 2 is 2.11 bits per heavy atom. The third-order valence-electron chi connectivity index (χ3n) is 3.22. The van der Waals surface area contributed by atoms with Gasteiger partial charge < -0.3 is 4.57 Å². The lowest BCUT2D eigenvalue weighted by Crippen LogP contribution is -1.99. The van der Waals surface area contributed by atoms with Gasteiger partial charge in [0, 0.05) is 36.2 Å². The molecule has 0 spiro atoms. The predicted molar refractivity (Wildman–Crippen MR) is 75.4 cm³/mol. The second kappa shape index (κ2) is 4.69. The normalized spacial score (nSPS) is 10.8. The number of nitrogens with zero attached hydrogens (tertiary/aromatic N) is 2. The van der Waals surface area contributed by atoms with Crippen molar-refractivity contribution in [2.75, 3.05) is 0 Å². The molecule has 0 saturated heterocycles. The number of carbonyl (C=O) groups is 1. The molecule has 0 aliphatic heterocycles. The van der Waals surface area contributed by atoms with Gasteiger partial charge in [-0.25, -0.2) is 0 Å². The minimum absolute atomic E-state index is 0.704. The fourth-order valence-corrected chi connectivity index (χ4v) is 2.31. The van der Waals surface area contributed by atoms with Gasteiger partial charge in [0.25, 0.3) is 0 Å². The molecule has 0 N–H and O–H groups in total. The number of pyridine rings is 1. The van der Waals surface area contributed by atoms with Gasteiger partial charge in [0.1, 0.15) is 6.29 Å². The van der Waals surface area contributed by atoms with Crippen LogP contribution in [0.3, 0.4) is 0 Å². The van der Waals surface area contributed by atoms with E-state index in [9.17, 15) is 4.79 Å². The molecule has 0 radical (unpaired) electrons. The van der Waals surface area contributed by atoms with Gasteiger partial charge in [-0.05, 0) is 35.6 Å². The van der Waals surface area contributed by atoms with Crippen molar-refractivity contribution in [1.82, 2.24) is 9.55 Å². The van der Waals surface area contributed by atoms with Crippen LogP contribution in [0, 0.1) is 6.92 Å². The van der Waals surface area contributed by atoms with Crippen LogP contribution in [-0.2, 0) is 6.54 Å². The molecule has 3 aromatic rings. The average molecular weight is 250 g/mol. The van der Waals surface area contributed by atoms with E-state index >= 15 is 0 Å². The van der Waals surface area contributed by atoms with Crippen LogP contribution in [-0.4, -0.2) is 15.8 Å². The van der Waals surface area contributed by atoms with E-state index in [1.54, 1.807) is 0 Å². The Hall–Kier alpha value is -2.42. The number of aromatic nitrogens is 2. The maximum atomic E-state index is 10.9. The fourth-order valence-electron chi connectivity index (χ4n) is 2.31. The van der Waals surface area contributed by atoms with Gasteiger partial charge in [-0.15, -0.1) is 0 Å². The summed E-state index contributed by atoms with van der Waals surface area (Å²) in [4.78, 5) is 15.1. The highest BCUT2D eigenvalue weighted by molar-refractivity contribution is 5.87. The number of benzene rings is 1. The summed E-state index contributed by atoms with van der Waals surface area (Å²) in [5.41, 5.74) is 4.09. The SMILES string of the molecule is Cc1cncc(Cn2ccc3ccc(C=O)cc32)c1. The molecular weight excluding hydrogens is 236 g/mol. The van der Waals surface area contributed by atoms with E-state index < -0.39 is 0 Å². The molecule has 0 aliphatic carbocycles. The van der Waals surface area contributed by atoms with Crippen LogP contribution in [0.25, 0.3) is 10.9 Å². The topological polar surface area (TPSA) is 34.9 Å². The molecule has 3 nitrogen and oxygen atoms in total. The second-order valence-electron chi connectivity index (χ2n) is 4.75. The second-order valence-corrected chi connectivity index (χ2v) is 4.75. The van der Waals surface area contributed by atoms with Crippen LogP contribution >= 0.6 is 0 Å². The molecule has 3 heteroatoms. The van der Waals surface area contributed by atoms with Gasteiger partial charge in [-0.2, -0.15) is 0 Å². The molecule has 1 aromatic carbocycles. The van der Waals surface area contributed by atoms with Gasteiger partial charge in [0.15, 0.2) is 0 Å². The lowest BCUT2D eigenvalue weighted by Gasteiger charge is -2.06. The van der Waals surface area contributed by atoms with Crippen molar-refractivity contribution in [2.45, 2.75) is 13.5 Å². The van der Waals surface area contributed by atoms with Crippen molar-refractivity contribution in [3.8, 4) is 0 Å². The Bertz CT molecular complexity index is 743. The molecule has 94 valence electrons. The first-order chi connectivity index (χ1) is 9.26. The van der Waals surface area contributed by atoms with E-state index in [4.69, 9.17) is 0 Å². The predicted octanol–water partition coefficient (Wildman–Crippen LogP) is 3.21. The van der Waals surface area contributed by atoms with Gasteiger partial charge >= 0.3 is 0 Å². The zero-order chi connectivity index (χ0) is 13.2. The number of fused-ring (bicyclic) bond motifs is 1. The summed E-state index contributed by atoms with van der Waals surface area (Å²) in [7, 11) is 0. The highest BCUT2D eigenvalue weighted by atomic mass is 16.1. The maximum Gasteiger partial charge on any atom is 0.150 e. The summed E-state index contributed by atoms with van der Waals surface area (Å²) >= 11 is 0. The monoisotopic (exact) mass is 250 g/mol. The molecule has 0 unspecified atom stereocenters. The summed E-state index contributed by atoms with van der Waals surface area (Å²) in [6.45, 7) is 2.80. The molecule has 0 fully saturated rings.